The molecule has 7 heteroatoms. The van der Waals surface area contributed by atoms with Crippen LogP contribution in [0.4, 0.5) is 0 Å². The van der Waals surface area contributed by atoms with E-state index in [9.17, 15) is 14.4 Å². The van der Waals surface area contributed by atoms with Crippen molar-refractivity contribution < 1.29 is 19.1 Å². The van der Waals surface area contributed by atoms with Gasteiger partial charge >= 0.3 is 5.97 Å². The molecular weight excluding hydrogens is 496 g/mol. The second kappa shape index (κ2) is 12.6. The molecule has 4 rings (SSSR count). The molecule has 0 saturated carbocycles. The Balaban J connectivity index is 1.49. The van der Waals surface area contributed by atoms with Crippen LogP contribution in [0.1, 0.15) is 63.6 Å². The molecule has 1 aliphatic rings. The lowest BCUT2D eigenvalue weighted by Crippen LogP contribution is -2.45. The van der Waals surface area contributed by atoms with Crippen LogP contribution >= 0.6 is 11.8 Å². The molecule has 1 aliphatic heterocycles. The third-order valence-electron chi connectivity index (χ3n) is 6.45. The first kappa shape index (κ1) is 27.2. The van der Waals surface area contributed by atoms with Crippen LogP contribution in [-0.4, -0.2) is 37.0 Å². The van der Waals surface area contributed by atoms with Gasteiger partial charge in [0.2, 0.25) is 5.91 Å². The smallest absolute Gasteiger partial charge is 0.338 e. The van der Waals surface area contributed by atoms with Gasteiger partial charge in [-0.05, 0) is 91.8 Å². The van der Waals surface area contributed by atoms with Gasteiger partial charge < -0.3 is 15.4 Å². The van der Waals surface area contributed by atoms with Gasteiger partial charge in [-0.15, -0.1) is 0 Å². The molecule has 0 radical (unpaired) electrons. The SMILES string of the molecule is C=C(c1ccc(C(=O)OCC)cc1)c1ccccc1Sc1ccc(C(=O)NC2CCCCNC2=O)cc1C. The summed E-state index contributed by atoms with van der Waals surface area (Å²) in [6, 6.07) is 20.4. The molecular formula is C31H32N2O4S. The van der Waals surface area contributed by atoms with Gasteiger partial charge in [0.15, 0.2) is 0 Å². The summed E-state index contributed by atoms with van der Waals surface area (Å²) >= 11 is 1.61. The highest BCUT2D eigenvalue weighted by molar-refractivity contribution is 7.99. The molecule has 0 spiro atoms. The fourth-order valence-electron chi connectivity index (χ4n) is 4.32. The lowest BCUT2D eigenvalue weighted by Gasteiger charge is -2.16. The lowest BCUT2D eigenvalue weighted by atomic mass is 9.98. The van der Waals surface area contributed by atoms with Gasteiger partial charge in [-0.25, -0.2) is 4.79 Å². The minimum absolute atomic E-state index is 0.118. The van der Waals surface area contributed by atoms with Crippen molar-refractivity contribution in [3.8, 4) is 0 Å². The first-order chi connectivity index (χ1) is 18.4. The number of carbonyl (C=O) groups is 3. The fraction of sp³-hybridized carbons (Fsp3) is 0.258. The van der Waals surface area contributed by atoms with E-state index >= 15 is 0 Å². The van der Waals surface area contributed by atoms with E-state index in [0.29, 0.717) is 30.7 Å². The highest BCUT2D eigenvalue weighted by Gasteiger charge is 2.23. The van der Waals surface area contributed by atoms with Crippen molar-refractivity contribution >= 4 is 35.1 Å². The Morgan fingerprint density at radius 2 is 1.71 bits per heavy atom. The highest BCUT2D eigenvalue weighted by atomic mass is 32.2. The number of carbonyl (C=O) groups excluding carboxylic acids is 3. The molecule has 0 aliphatic carbocycles. The number of nitrogens with one attached hydrogen (secondary N) is 2. The Morgan fingerprint density at radius 3 is 2.45 bits per heavy atom. The summed E-state index contributed by atoms with van der Waals surface area (Å²) in [5.74, 6) is -0.704. The Kier molecular flexibility index (Phi) is 9.02. The van der Waals surface area contributed by atoms with Crippen LogP contribution in [-0.2, 0) is 9.53 Å². The molecule has 3 aromatic carbocycles. The average Bonchev–Trinajstić information content (AvgIpc) is 3.13. The number of aryl methyl sites for hydroxylation is 1. The van der Waals surface area contributed by atoms with Crippen LogP contribution < -0.4 is 10.6 Å². The van der Waals surface area contributed by atoms with Gasteiger partial charge in [0.25, 0.3) is 5.91 Å². The topological polar surface area (TPSA) is 84.5 Å². The molecule has 38 heavy (non-hydrogen) atoms. The summed E-state index contributed by atoms with van der Waals surface area (Å²) in [5.41, 5.74) is 4.75. The monoisotopic (exact) mass is 528 g/mol. The molecule has 1 unspecified atom stereocenters. The minimum atomic E-state index is -0.497. The Bertz CT molecular complexity index is 1350. The van der Waals surface area contributed by atoms with Crippen molar-refractivity contribution in [2.45, 2.75) is 48.9 Å². The molecule has 3 aromatic rings. The van der Waals surface area contributed by atoms with E-state index in [2.05, 4.69) is 17.2 Å². The molecule has 1 fully saturated rings. The molecule has 0 aromatic heterocycles. The molecule has 0 bridgehead atoms. The van der Waals surface area contributed by atoms with E-state index in [0.717, 1.165) is 44.9 Å². The van der Waals surface area contributed by atoms with Crippen molar-refractivity contribution in [1.82, 2.24) is 10.6 Å². The first-order valence-electron chi connectivity index (χ1n) is 12.8. The first-order valence-corrected chi connectivity index (χ1v) is 13.6. The number of benzene rings is 3. The number of esters is 1. The predicted octanol–water partition coefficient (Wildman–Crippen LogP) is 5.78. The van der Waals surface area contributed by atoms with Gasteiger partial charge in [0.05, 0.1) is 12.2 Å². The van der Waals surface area contributed by atoms with Crippen molar-refractivity contribution in [3.63, 3.8) is 0 Å². The van der Waals surface area contributed by atoms with E-state index in [4.69, 9.17) is 4.74 Å². The van der Waals surface area contributed by atoms with Crippen LogP contribution in [0.2, 0.25) is 0 Å². The molecule has 2 N–H and O–H groups in total. The van der Waals surface area contributed by atoms with Crippen LogP contribution in [0.3, 0.4) is 0 Å². The van der Waals surface area contributed by atoms with E-state index < -0.39 is 6.04 Å². The quantitative estimate of drug-likeness (QED) is 0.362. The maximum atomic E-state index is 12.9. The summed E-state index contributed by atoms with van der Waals surface area (Å²) in [7, 11) is 0. The third-order valence-corrected chi connectivity index (χ3v) is 7.71. The van der Waals surface area contributed by atoms with Crippen molar-refractivity contribution in [2.24, 2.45) is 0 Å². The zero-order valence-corrected chi connectivity index (χ0v) is 22.5. The number of hydrogen-bond acceptors (Lipinski definition) is 5. The standard InChI is InChI=1S/C31H32N2O4S/c1-4-37-31(36)23-14-12-22(13-15-23)21(3)25-9-5-6-11-28(25)38-27-17-16-24(19-20(27)2)29(34)33-26-10-7-8-18-32-30(26)35/h5-6,9,11-17,19,26H,3-4,7-8,10,18H2,1-2H3,(H,32,35)(H,33,34). The largest absolute Gasteiger partial charge is 0.462 e. The Hall–Kier alpha value is -3.84. The van der Waals surface area contributed by atoms with Crippen molar-refractivity contribution in [1.29, 1.82) is 0 Å². The normalized spacial score (nSPS) is 15.2. The van der Waals surface area contributed by atoms with E-state index in [-0.39, 0.29) is 17.8 Å². The molecule has 1 heterocycles. The zero-order valence-electron chi connectivity index (χ0n) is 21.7. The molecule has 1 saturated heterocycles. The Labute approximate surface area is 227 Å². The number of hydrogen-bond donors (Lipinski definition) is 2. The highest BCUT2D eigenvalue weighted by Crippen LogP contribution is 2.37. The zero-order chi connectivity index (χ0) is 27.1. The van der Waals surface area contributed by atoms with E-state index in [1.54, 1.807) is 36.9 Å². The summed E-state index contributed by atoms with van der Waals surface area (Å²) in [6.07, 6.45) is 2.48. The van der Waals surface area contributed by atoms with Crippen LogP contribution in [0.5, 0.6) is 0 Å². The fourth-order valence-corrected chi connectivity index (χ4v) is 5.37. The summed E-state index contributed by atoms with van der Waals surface area (Å²) in [4.78, 5) is 39.1. The number of ether oxygens (including phenoxy) is 1. The maximum absolute atomic E-state index is 12.9. The van der Waals surface area contributed by atoms with Gasteiger partial charge in [-0.1, -0.05) is 48.7 Å². The summed E-state index contributed by atoms with van der Waals surface area (Å²) < 4.78 is 5.07. The van der Waals surface area contributed by atoms with Gasteiger partial charge in [0, 0.05) is 21.9 Å². The van der Waals surface area contributed by atoms with E-state index in [1.165, 1.54) is 0 Å². The molecule has 2 amide bonds. The van der Waals surface area contributed by atoms with Crippen LogP contribution in [0.15, 0.2) is 83.1 Å². The predicted molar refractivity (Wildman–Crippen MR) is 150 cm³/mol. The van der Waals surface area contributed by atoms with Crippen molar-refractivity contribution in [2.75, 3.05) is 13.2 Å². The number of rotatable bonds is 8. The van der Waals surface area contributed by atoms with Crippen molar-refractivity contribution in [3.05, 3.63) is 101 Å². The average molecular weight is 529 g/mol. The van der Waals surface area contributed by atoms with Gasteiger partial charge in [-0.3, -0.25) is 9.59 Å². The minimum Gasteiger partial charge on any atom is -0.462 e. The number of amides is 2. The molecule has 196 valence electrons. The van der Waals surface area contributed by atoms with E-state index in [1.807, 2.05) is 55.5 Å². The lowest BCUT2D eigenvalue weighted by molar-refractivity contribution is -0.122. The van der Waals surface area contributed by atoms with Crippen LogP contribution in [0, 0.1) is 6.92 Å². The summed E-state index contributed by atoms with van der Waals surface area (Å²) in [6.45, 7) is 9.07. The van der Waals surface area contributed by atoms with Crippen LogP contribution in [0.25, 0.3) is 5.57 Å². The van der Waals surface area contributed by atoms with Gasteiger partial charge in [0.1, 0.15) is 6.04 Å². The maximum Gasteiger partial charge on any atom is 0.338 e. The van der Waals surface area contributed by atoms with Gasteiger partial charge in [-0.2, -0.15) is 0 Å². The second-order valence-electron chi connectivity index (χ2n) is 9.17. The third kappa shape index (κ3) is 6.53. The molecule has 1 atom stereocenters. The Morgan fingerprint density at radius 1 is 1.00 bits per heavy atom. The summed E-state index contributed by atoms with van der Waals surface area (Å²) in [5, 5.41) is 5.74. The second-order valence-corrected chi connectivity index (χ2v) is 10.3. The molecule has 6 nitrogen and oxygen atoms in total.